The number of anilines is 3. The van der Waals surface area contributed by atoms with Gasteiger partial charge in [0.25, 0.3) is 15.7 Å². The molecule has 1 aliphatic heterocycles. The van der Waals surface area contributed by atoms with Gasteiger partial charge in [-0.05, 0) is 69.5 Å². The van der Waals surface area contributed by atoms with Crippen LogP contribution >= 0.6 is 0 Å². The predicted molar refractivity (Wildman–Crippen MR) is 161 cm³/mol. The van der Waals surface area contributed by atoms with Gasteiger partial charge >= 0.3 is 0 Å². The van der Waals surface area contributed by atoms with Gasteiger partial charge in [-0.1, -0.05) is 35.9 Å². The first-order valence-corrected chi connectivity index (χ1v) is 14.7. The first-order valence-electron chi connectivity index (χ1n) is 13.2. The summed E-state index contributed by atoms with van der Waals surface area (Å²) >= 11 is 0. The van der Waals surface area contributed by atoms with Crippen LogP contribution in [0.4, 0.5) is 22.9 Å². The third-order valence-electron chi connectivity index (χ3n) is 6.97. The minimum Gasteiger partial charge on any atom is -0.356 e. The van der Waals surface area contributed by atoms with Crippen molar-refractivity contribution in [2.24, 2.45) is 5.10 Å². The Morgan fingerprint density at radius 2 is 1.68 bits per heavy atom. The molecule has 1 fully saturated rings. The fraction of sp³-hybridized carbons (Fsp3) is 0.241. The molecular weight excluding hydrogens is 542 g/mol. The Bertz CT molecular complexity index is 1730. The molecule has 0 amide bonds. The Balaban J connectivity index is 1.43. The Labute approximate surface area is 238 Å². The van der Waals surface area contributed by atoms with E-state index >= 15 is 0 Å². The Morgan fingerprint density at radius 1 is 0.976 bits per heavy atom. The number of nitro benzene ring substituents is 1. The van der Waals surface area contributed by atoms with Crippen molar-refractivity contribution in [3.05, 3.63) is 99.2 Å². The highest BCUT2D eigenvalue weighted by Crippen LogP contribution is 2.31. The van der Waals surface area contributed by atoms with Crippen LogP contribution in [0.3, 0.4) is 0 Å². The van der Waals surface area contributed by atoms with E-state index in [2.05, 4.69) is 20.1 Å². The summed E-state index contributed by atoms with van der Waals surface area (Å²) in [7, 11) is -4.07. The zero-order chi connectivity index (χ0) is 29.1. The van der Waals surface area contributed by atoms with E-state index in [0.717, 1.165) is 65.9 Å². The maximum atomic E-state index is 13.0. The molecule has 0 unspecified atom stereocenters. The number of para-hydroxylation sites is 1. The Hall–Kier alpha value is -4.71. The van der Waals surface area contributed by atoms with Crippen LogP contribution in [0.15, 0.2) is 76.7 Å². The third kappa shape index (κ3) is 5.92. The smallest absolute Gasteiger partial charge is 0.295 e. The maximum Gasteiger partial charge on any atom is 0.295 e. The minimum absolute atomic E-state index is 0.0625. The van der Waals surface area contributed by atoms with Gasteiger partial charge in [-0.2, -0.15) is 10.2 Å². The van der Waals surface area contributed by atoms with Crippen molar-refractivity contribution >= 4 is 39.1 Å². The first kappa shape index (κ1) is 27.8. The minimum atomic E-state index is -4.07. The highest BCUT2D eigenvalue weighted by atomic mass is 32.2. The topological polar surface area (TPSA) is 135 Å². The summed E-state index contributed by atoms with van der Waals surface area (Å²) in [4.78, 5) is 13.3. The van der Waals surface area contributed by atoms with Crippen molar-refractivity contribution < 1.29 is 13.3 Å². The molecule has 2 N–H and O–H groups in total. The average molecular weight is 574 g/mol. The Kier molecular flexibility index (Phi) is 7.75. The van der Waals surface area contributed by atoms with E-state index in [-0.39, 0.29) is 10.6 Å². The third-order valence-corrected chi connectivity index (χ3v) is 8.33. The summed E-state index contributed by atoms with van der Waals surface area (Å²) < 4.78 is 30.5. The second kappa shape index (κ2) is 11.4. The van der Waals surface area contributed by atoms with Crippen LogP contribution in [0.1, 0.15) is 35.2 Å². The van der Waals surface area contributed by atoms with E-state index in [1.165, 1.54) is 12.1 Å². The van der Waals surface area contributed by atoms with E-state index in [1.807, 2.05) is 54.9 Å². The lowest BCUT2D eigenvalue weighted by Crippen LogP contribution is -2.22. The molecule has 2 heterocycles. The van der Waals surface area contributed by atoms with Crippen molar-refractivity contribution in [3.8, 4) is 5.69 Å². The summed E-state index contributed by atoms with van der Waals surface area (Å²) in [6.45, 7) is 7.38. The molecule has 0 spiro atoms. The summed E-state index contributed by atoms with van der Waals surface area (Å²) in [5.74, 6) is 0.908. The van der Waals surface area contributed by atoms with Crippen LogP contribution in [-0.2, 0) is 10.0 Å². The number of benzene rings is 3. The lowest BCUT2D eigenvalue weighted by molar-refractivity contribution is -0.384. The van der Waals surface area contributed by atoms with Crippen LogP contribution in [0.5, 0.6) is 0 Å². The second-order valence-corrected chi connectivity index (χ2v) is 11.7. The SMILES string of the molecule is Cc1ccc(NS(=O)(=O)c2ccc(N/N=C/c3c(C)nn(-c4ccccc4)c3N3CCCC3)c([N+](=O)[O-])c2)c(C)c1. The molecule has 1 aliphatic rings. The number of hydrogen-bond acceptors (Lipinski definition) is 8. The first-order chi connectivity index (χ1) is 19.6. The lowest BCUT2D eigenvalue weighted by Gasteiger charge is -2.20. The maximum absolute atomic E-state index is 13.0. The van der Waals surface area contributed by atoms with Gasteiger partial charge in [-0.15, -0.1) is 0 Å². The molecule has 0 atom stereocenters. The molecule has 12 heteroatoms. The fourth-order valence-electron chi connectivity index (χ4n) is 4.88. The molecule has 1 aromatic heterocycles. The van der Waals surface area contributed by atoms with E-state index in [0.29, 0.717) is 5.69 Å². The number of rotatable bonds is 9. The molecule has 4 aromatic rings. The fourth-order valence-corrected chi connectivity index (χ4v) is 6.03. The number of nitro groups is 1. The Morgan fingerprint density at radius 3 is 2.37 bits per heavy atom. The molecule has 212 valence electrons. The largest absolute Gasteiger partial charge is 0.356 e. The number of hydrogen-bond donors (Lipinski definition) is 2. The summed E-state index contributed by atoms with van der Waals surface area (Å²) in [5, 5.41) is 21.0. The zero-order valence-electron chi connectivity index (χ0n) is 23.0. The molecular formula is C29H31N7O4S. The number of sulfonamides is 1. The molecule has 11 nitrogen and oxygen atoms in total. The molecule has 1 saturated heterocycles. The van der Waals surface area contributed by atoms with Gasteiger partial charge in [0.15, 0.2) is 0 Å². The number of nitrogens with one attached hydrogen (secondary N) is 2. The number of nitrogens with zero attached hydrogens (tertiary/aromatic N) is 5. The van der Waals surface area contributed by atoms with Gasteiger partial charge in [0, 0.05) is 19.2 Å². The van der Waals surface area contributed by atoms with E-state index in [1.54, 1.807) is 25.3 Å². The average Bonchev–Trinajstić information content (AvgIpc) is 3.59. The molecule has 3 aromatic carbocycles. The van der Waals surface area contributed by atoms with Crippen LogP contribution in [-0.4, -0.2) is 42.4 Å². The number of hydrazone groups is 1. The standard InChI is InChI=1S/C29H31N7O4S/c1-20-11-13-26(21(2)17-20)33-41(39,40)24-12-14-27(28(18-24)36(37)38)31-30-19-25-22(3)32-35(23-9-5-4-6-10-23)29(25)34-15-7-8-16-34/h4-6,9-14,17-19,31,33H,7-8,15-16H2,1-3H3/b30-19+. The number of aromatic nitrogens is 2. The van der Waals surface area contributed by atoms with E-state index < -0.39 is 20.6 Å². The molecule has 0 bridgehead atoms. The highest BCUT2D eigenvalue weighted by molar-refractivity contribution is 7.92. The van der Waals surface area contributed by atoms with Crippen LogP contribution in [0, 0.1) is 30.9 Å². The summed E-state index contributed by atoms with van der Waals surface area (Å²) in [6, 6.07) is 18.8. The monoisotopic (exact) mass is 573 g/mol. The molecule has 0 radical (unpaired) electrons. The van der Waals surface area contributed by atoms with Crippen molar-refractivity contribution in [2.75, 3.05) is 28.1 Å². The molecule has 5 rings (SSSR count). The van der Waals surface area contributed by atoms with Gasteiger partial charge < -0.3 is 4.90 Å². The van der Waals surface area contributed by atoms with Gasteiger partial charge in [0.1, 0.15) is 11.5 Å². The van der Waals surface area contributed by atoms with Gasteiger partial charge in [-0.3, -0.25) is 20.3 Å². The zero-order valence-corrected chi connectivity index (χ0v) is 23.9. The number of aryl methyl sites for hydroxylation is 3. The summed E-state index contributed by atoms with van der Waals surface area (Å²) in [5.41, 5.74) is 7.01. The van der Waals surface area contributed by atoms with Gasteiger partial charge in [0.2, 0.25) is 0 Å². The van der Waals surface area contributed by atoms with Crippen molar-refractivity contribution in [1.82, 2.24) is 9.78 Å². The molecule has 0 aliphatic carbocycles. The second-order valence-electron chi connectivity index (χ2n) is 9.99. The van der Waals surface area contributed by atoms with Crippen molar-refractivity contribution in [1.29, 1.82) is 0 Å². The van der Waals surface area contributed by atoms with E-state index in [4.69, 9.17) is 5.10 Å². The van der Waals surface area contributed by atoms with Crippen LogP contribution in [0.25, 0.3) is 5.69 Å². The molecule has 0 saturated carbocycles. The van der Waals surface area contributed by atoms with Crippen molar-refractivity contribution in [2.45, 2.75) is 38.5 Å². The highest BCUT2D eigenvalue weighted by Gasteiger charge is 2.25. The van der Waals surface area contributed by atoms with Crippen LogP contribution in [0.2, 0.25) is 0 Å². The van der Waals surface area contributed by atoms with E-state index in [9.17, 15) is 18.5 Å². The van der Waals surface area contributed by atoms with Gasteiger partial charge in [-0.25, -0.2) is 13.1 Å². The van der Waals surface area contributed by atoms with Crippen LogP contribution < -0.4 is 15.0 Å². The lowest BCUT2D eigenvalue weighted by atomic mass is 10.1. The molecule has 41 heavy (non-hydrogen) atoms. The predicted octanol–water partition coefficient (Wildman–Crippen LogP) is 5.55. The van der Waals surface area contributed by atoms with Gasteiger partial charge in [0.05, 0.1) is 38.7 Å². The summed E-state index contributed by atoms with van der Waals surface area (Å²) in [6.07, 6.45) is 3.76. The normalized spacial score (nSPS) is 13.6. The van der Waals surface area contributed by atoms with Crippen molar-refractivity contribution in [3.63, 3.8) is 0 Å². The quantitative estimate of drug-likeness (QED) is 0.152.